The molecule has 0 aliphatic carbocycles. The number of rotatable bonds is 3. The van der Waals surface area contributed by atoms with Gasteiger partial charge in [-0.05, 0) is 24.6 Å². The number of carbonyl (C=O) groups excluding carboxylic acids is 1. The van der Waals surface area contributed by atoms with Crippen molar-refractivity contribution in [3.8, 4) is 0 Å². The van der Waals surface area contributed by atoms with Gasteiger partial charge in [-0.1, -0.05) is 23.7 Å². The lowest BCUT2D eigenvalue weighted by Gasteiger charge is -2.30. The maximum atomic E-state index is 13.4. The molecule has 4 nitrogen and oxygen atoms in total. The molecule has 2 rings (SSSR count). The Morgan fingerprint density at radius 2 is 1.78 bits per heavy atom. The maximum absolute atomic E-state index is 13.4. The first-order valence-electron chi connectivity index (χ1n) is 6.58. The minimum absolute atomic E-state index is 0.0854. The molecule has 0 spiro atoms. The van der Waals surface area contributed by atoms with Gasteiger partial charge in [0.1, 0.15) is 5.69 Å². The molecule has 2 aromatic rings. The first kappa shape index (κ1) is 17.2. The SMILES string of the molecule is Cc1cnc(C(=O)N(C)[C@@H](c2ccc(Cl)cc2)C(F)(F)F)cn1. The van der Waals surface area contributed by atoms with E-state index in [1.165, 1.54) is 30.5 Å². The number of carbonyl (C=O) groups is 1. The van der Waals surface area contributed by atoms with Gasteiger partial charge in [0, 0.05) is 18.3 Å². The van der Waals surface area contributed by atoms with E-state index in [1.54, 1.807) is 6.92 Å². The highest BCUT2D eigenvalue weighted by molar-refractivity contribution is 6.30. The Morgan fingerprint density at radius 3 is 2.26 bits per heavy atom. The molecule has 0 bridgehead atoms. The molecule has 1 heterocycles. The van der Waals surface area contributed by atoms with E-state index in [0.717, 1.165) is 13.2 Å². The second-order valence-electron chi connectivity index (χ2n) is 4.95. The van der Waals surface area contributed by atoms with Crippen LogP contribution in [0, 0.1) is 6.92 Å². The second kappa shape index (κ2) is 6.54. The fraction of sp³-hybridized carbons (Fsp3) is 0.267. The number of hydrogen-bond acceptors (Lipinski definition) is 3. The van der Waals surface area contributed by atoms with Gasteiger partial charge in [-0.15, -0.1) is 0 Å². The molecule has 0 unspecified atom stereocenters. The fourth-order valence-electron chi connectivity index (χ4n) is 2.08. The van der Waals surface area contributed by atoms with E-state index in [-0.39, 0.29) is 11.3 Å². The highest BCUT2D eigenvalue weighted by atomic mass is 35.5. The van der Waals surface area contributed by atoms with Crippen LogP contribution >= 0.6 is 11.6 Å². The normalized spacial score (nSPS) is 12.8. The number of hydrogen-bond donors (Lipinski definition) is 0. The summed E-state index contributed by atoms with van der Waals surface area (Å²) in [6.45, 7) is 1.66. The van der Waals surface area contributed by atoms with Gasteiger partial charge in [0.2, 0.25) is 0 Å². The van der Waals surface area contributed by atoms with Crippen molar-refractivity contribution in [1.82, 2.24) is 14.9 Å². The molecule has 0 N–H and O–H groups in total. The maximum Gasteiger partial charge on any atom is 0.413 e. The summed E-state index contributed by atoms with van der Waals surface area (Å²) in [4.78, 5) is 20.6. The minimum atomic E-state index is -4.64. The van der Waals surface area contributed by atoms with Gasteiger partial charge in [0.25, 0.3) is 5.91 Å². The van der Waals surface area contributed by atoms with Crippen molar-refractivity contribution in [3.05, 3.63) is 58.6 Å². The zero-order chi connectivity index (χ0) is 17.2. The molecular weight excluding hydrogens is 331 g/mol. The second-order valence-corrected chi connectivity index (χ2v) is 5.39. The lowest BCUT2D eigenvalue weighted by atomic mass is 10.0. The number of aromatic nitrogens is 2. The van der Waals surface area contributed by atoms with Crippen LogP contribution in [-0.2, 0) is 0 Å². The summed E-state index contributed by atoms with van der Waals surface area (Å²) < 4.78 is 40.3. The first-order chi connectivity index (χ1) is 10.7. The Hall–Kier alpha value is -2.15. The molecule has 1 aromatic carbocycles. The summed E-state index contributed by atoms with van der Waals surface area (Å²) in [6, 6.07) is 3.07. The topological polar surface area (TPSA) is 46.1 Å². The Kier molecular flexibility index (Phi) is 4.89. The van der Waals surface area contributed by atoms with Crippen LogP contribution in [0.15, 0.2) is 36.7 Å². The number of alkyl halides is 3. The van der Waals surface area contributed by atoms with Gasteiger partial charge in [0.05, 0.1) is 11.9 Å². The molecule has 0 saturated heterocycles. The van der Waals surface area contributed by atoms with Gasteiger partial charge < -0.3 is 4.90 Å². The molecule has 0 aliphatic heterocycles. The molecule has 8 heteroatoms. The highest BCUT2D eigenvalue weighted by Gasteiger charge is 2.45. The third kappa shape index (κ3) is 3.98. The van der Waals surface area contributed by atoms with Crippen LogP contribution in [0.4, 0.5) is 13.2 Å². The molecule has 0 saturated carbocycles. The van der Waals surface area contributed by atoms with Crippen molar-refractivity contribution in [1.29, 1.82) is 0 Å². The largest absolute Gasteiger partial charge is 0.413 e. The number of benzene rings is 1. The van der Waals surface area contributed by atoms with Gasteiger partial charge in [-0.3, -0.25) is 9.78 Å². The van der Waals surface area contributed by atoms with Crippen molar-refractivity contribution in [2.45, 2.75) is 19.1 Å². The lowest BCUT2D eigenvalue weighted by molar-refractivity contribution is -0.176. The summed E-state index contributed by atoms with van der Waals surface area (Å²) in [5.41, 5.74) is 0.327. The molecule has 0 fully saturated rings. The van der Waals surface area contributed by atoms with Crippen molar-refractivity contribution >= 4 is 17.5 Å². The van der Waals surface area contributed by atoms with E-state index in [1.807, 2.05) is 0 Å². The molecule has 0 radical (unpaired) electrons. The fourth-order valence-corrected chi connectivity index (χ4v) is 2.20. The number of halogens is 4. The zero-order valence-corrected chi connectivity index (χ0v) is 13.1. The Morgan fingerprint density at radius 1 is 1.17 bits per heavy atom. The van der Waals surface area contributed by atoms with Crippen molar-refractivity contribution < 1.29 is 18.0 Å². The Bertz CT molecular complexity index is 687. The van der Waals surface area contributed by atoms with Crippen LogP contribution in [0.2, 0.25) is 5.02 Å². The van der Waals surface area contributed by atoms with Gasteiger partial charge in [-0.25, -0.2) is 4.98 Å². The van der Waals surface area contributed by atoms with Crippen LogP contribution in [0.1, 0.15) is 27.8 Å². The molecular formula is C15H13ClF3N3O. The van der Waals surface area contributed by atoms with Crippen LogP contribution < -0.4 is 0 Å². The smallest absolute Gasteiger partial charge is 0.324 e. The minimum Gasteiger partial charge on any atom is -0.324 e. The monoisotopic (exact) mass is 343 g/mol. The Balaban J connectivity index is 2.37. The lowest BCUT2D eigenvalue weighted by Crippen LogP contribution is -2.40. The van der Waals surface area contributed by atoms with Crippen LogP contribution in [0.5, 0.6) is 0 Å². The standard InChI is InChI=1S/C15H13ClF3N3O/c1-9-7-21-12(8-20-9)14(23)22(2)13(15(17,18)19)10-3-5-11(16)6-4-10/h3-8,13H,1-2H3/t13-/m0/s1. The van der Waals surface area contributed by atoms with Gasteiger partial charge >= 0.3 is 6.18 Å². The van der Waals surface area contributed by atoms with Crippen LogP contribution in [-0.4, -0.2) is 34.0 Å². The van der Waals surface area contributed by atoms with Gasteiger partial charge in [0.15, 0.2) is 6.04 Å². The number of amides is 1. The zero-order valence-electron chi connectivity index (χ0n) is 12.3. The highest BCUT2D eigenvalue weighted by Crippen LogP contribution is 2.37. The third-order valence-corrected chi connectivity index (χ3v) is 3.46. The average molecular weight is 344 g/mol. The number of nitrogens with zero attached hydrogens (tertiary/aromatic N) is 3. The average Bonchev–Trinajstić information content (AvgIpc) is 2.48. The van der Waals surface area contributed by atoms with E-state index >= 15 is 0 Å². The third-order valence-electron chi connectivity index (χ3n) is 3.20. The van der Waals surface area contributed by atoms with Crippen molar-refractivity contribution in [3.63, 3.8) is 0 Å². The van der Waals surface area contributed by atoms with E-state index < -0.39 is 18.1 Å². The molecule has 1 atom stereocenters. The van der Waals surface area contributed by atoms with E-state index in [9.17, 15) is 18.0 Å². The van der Waals surface area contributed by atoms with Crippen molar-refractivity contribution in [2.24, 2.45) is 0 Å². The Labute approximate surface area is 135 Å². The number of aryl methyl sites for hydroxylation is 1. The summed E-state index contributed by atoms with van der Waals surface area (Å²) in [5.74, 6) is -0.866. The summed E-state index contributed by atoms with van der Waals surface area (Å²) in [5, 5.41) is 0.313. The summed E-state index contributed by atoms with van der Waals surface area (Å²) in [7, 11) is 1.08. The first-order valence-corrected chi connectivity index (χ1v) is 6.96. The molecule has 23 heavy (non-hydrogen) atoms. The van der Waals surface area contributed by atoms with Crippen molar-refractivity contribution in [2.75, 3.05) is 7.05 Å². The predicted octanol–water partition coefficient (Wildman–Crippen LogP) is 3.81. The van der Waals surface area contributed by atoms with Gasteiger partial charge in [-0.2, -0.15) is 13.2 Å². The molecule has 1 aromatic heterocycles. The van der Waals surface area contributed by atoms with Crippen LogP contribution in [0.25, 0.3) is 0 Å². The molecule has 122 valence electrons. The summed E-state index contributed by atoms with van der Waals surface area (Å²) in [6.07, 6.45) is -2.16. The van der Waals surface area contributed by atoms with E-state index in [0.29, 0.717) is 15.6 Å². The predicted molar refractivity (Wildman–Crippen MR) is 79.1 cm³/mol. The van der Waals surface area contributed by atoms with E-state index in [4.69, 9.17) is 11.6 Å². The molecule has 1 amide bonds. The van der Waals surface area contributed by atoms with E-state index in [2.05, 4.69) is 9.97 Å². The summed E-state index contributed by atoms with van der Waals surface area (Å²) >= 11 is 5.70. The van der Waals surface area contributed by atoms with Crippen LogP contribution in [0.3, 0.4) is 0 Å². The molecule has 0 aliphatic rings. The quantitative estimate of drug-likeness (QED) is 0.851.